The fourth-order valence-electron chi connectivity index (χ4n) is 3.08. The number of hydrogen-bond acceptors (Lipinski definition) is 0. The molecule has 1 aromatic carbocycles. The zero-order valence-corrected chi connectivity index (χ0v) is 13.9. The van der Waals surface area contributed by atoms with Crippen molar-refractivity contribution in [3.05, 3.63) is 35.4 Å². The van der Waals surface area contributed by atoms with Gasteiger partial charge < -0.3 is 0 Å². The monoisotopic (exact) mass is 394 g/mol. The minimum Gasteiger partial charge on any atom is -0.207 e. The molecule has 1 saturated carbocycles. The van der Waals surface area contributed by atoms with Crippen LogP contribution < -0.4 is 0 Å². The van der Waals surface area contributed by atoms with Gasteiger partial charge in [0.1, 0.15) is 11.6 Å². The van der Waals surface area contributed by atoms with E-state index in [0.29, 0.717) is 12.3 Å². The highest BCUT2D eigenvalue weighted by Crippen LogP contribution is 2.45. The molecular formula is C15H18Br2F2. The van der Waals surface area contributed by atoms with Crippen molar-refractivity contribution in [3.8, 4) is 0 Å². The van der Waals surface area contributed by atoms with Gasteiger partial charge in [-0.15, -0.1) is 0 Å². The molecule has 0 heterocycles. The quantitative estimate of drug-likeness (QED) is 0.579. The second-order valence-electron chi connectivity index (χ2n) is 5.49. The summed E-state index contributed by atoms with van der Waals surface area (Å²) < 4.78 is 27.7. The summed E-state index contributed by atoms with van der Waals surface area (Å²) in [7, 11) is 0. The van der Waals surface area contributed by atoms with Crippen LogP contribution in [-0.2, 0) is 6.42 Å². The molecule has 106 valence electrons. The van der Waals surface area contributed by atoms with Crippen molar-refractivity contribution >= 4 is 31.9 Å². The van der Waals surface area contributed by atoms with Gasteiger partial charge in [-0.25, -0.2) is 8.78 Å². The molecule has 0 atom stereocenters. The third kappa shape index (κ3) is 3.21. The molecule has 1 aliphatic carbocycles. The predicted molar refractivity (Wildman–Crippen MR) is 82.0 cm³/mol. The molecule has 0 N–H and O–H groups in total. The van der Waals surface area contributed by atoms with Gasteiger partial charge in [0.2, 0.25) is 0 Å². The lowest BCUT2D eigenvalue weighted by atomic mass is 9.73. The number of halogens is 4. The van der Waals surface area contributed by atoms with E-state index >= 15 is 0 Å². The van der Waals surface area contributed by atoms with Crippen molar-refractivity contribution in [2.45, 2.75) is 32.1 Å². The van der Waals surface area contributed by atoms with Gasteiger partial charge in [0.25, 0.3) is 0 Å². The van der Waals surface area contributed by atoms with E-state index in [1.54, 1.807) is 0 Å². The maximum absolute atomic E-state index is 13.9. The number of benzene rings is 1. The molecule has 1 aromatic rings. The molecule has 0 unspecified atom stereocenters. The van der Waals surface area contributed by atoms with Crippen molar-refractivity contribution in [1.82, 2.24) is 0 Å². The Labute approximate surface area is 130 Å². The second kappa shape index (κ2) is 6.66. The first-order valence-corrected chi connectivity index (χ1v) is 8.92. The molecule has 4 heteroatoms. The number of hydrogen-bond donors (Lipinski definition) is 0. The number of rotatable bonds is 5. The summed E-state index contributed by atoms with van der Waals surface area (Å²) in [5.74, 6) is -0.321. The molecule has 1 aliphatic rings. The third-order valence-electron chi connectivity index (χ3n) is 4.34. The molecular weight excluding hydrogens is 378 g/mol. The molecule has 19 heavy (non-hydrogen) atoms. The predicted octanol–water partition coefficient (Wildman–Crippen LogP) is 5.47. The van der Waals surface area contributed by atoms with Crippen molar-refractivity contribution < 1.29 is 8.78 Å². The maximum atomic E-state index is 13.9. The zero-order valence-electron chi connectivity index (χ0n) is 10.8. The highest BCUT2D eigenvalue weighted by atomic mass is 79.9. The van der Waals surface area contributed by atoms with Crippen LogP contribution in [0.1, 0.15) is 31.2 Å². The standard InChI is InChI=1S/C15H18Br2F2/c16-9-15(10-17,11-4-1-2-5-11)8-12-13(18)6-3-7-14(12)19/h3,6-7,11H,1-2,4-5,8-10H2. The summed E-state index contributed by atoms with van der Waals surface area (Å²) in [6.45, 7) is 0. The van der Waals surface area contributed by atoms with E-state index in [1.807, 2.05) is 0 Å². The Balaban J connectivity index is 2.30. The minimum atomic E-state index is -0.427. The SMILES string of the molecule is Fc1cccc(F)c1CC(CBr)(CBr)C1CCCC1. The molecule has 0 nitrogen and oxygen atoms in total. The molecule has 2 rings (SSSR count). The van der Waals surface area contributed by atoms with E-state index in [1.165, 1.54) is 31.0 Å². The largest absolute Gasteiger partial charge is 0.207 e. The molecule has 1 fully saturated rings. The van der Waals surface area contributed by atoms with E-state index in [2.05, 4.69) is 31.9 Å². The first-order valence-electron chi connectivity index (χ1n) is 6.68. The Morgan fingerprint density at radius 3 is 2.05 bits per heavy atom. The fourth-order valence-corrected chi connectivity index (χ4v) is 5.32. The van der Waals surface area contributed by atoms with Gasteiger partial charge in [-0.1, -0.05) is 50.8 Å². The first-order chi connectivity index (χ1) is 9.13. The van der Waals surface area contributed by atoms with Crippen molar-refractivity contribution in [1.29, 1.82) is 0 Å². The molecule has 0 bridgehead atoms. The Morgan fingerprint density at radius 2 is 1.58 bits per heavy atom. The van der Waals surface area contributed by atoms with E-state index in [-0.39, 0.29) is 11.0 Å². The molecule has 0 spiro atoms. The van der Waals surface area contributed by atoms with Crippen LogP contribution in [0.15, 0.2) is 18.2 Å². The van der Waals surface area contributed by atoms with Crippen LogP contribution in [0.25, 0.3) is 0 Å². The summed E-state index contributed by atoms with van der Waals surface area (Å²) >= 11 is 7.15. The van der Waals surface area contributed by atoms with Crippen molar-refractivity contribution in [3.63, 3.8) is 0 Å². The lowest BCUT2D eigenvalue weighted by Gasteiger charge is -2.36. The molecule has 0 aliphatic heterocycles. The second-order valence-corrected chi connectivity index (χ2v) is 6.61. The van der Waals surface area contributed by atoms with Crippen LogP contribution in [0.2, 0.25) is 0 Å². The lowest BCUT2D eigenvalue weighted by Crippen LogP contribution is -2.36. The summed E-state index contributed by atoms with van der Waals surface area (Å²) in [5, 5.41) is 1.54. The Morgan fingerprint density at radius 1 is 1.05 bits per heavy atom. The summed E-state index contributed by atoms with van der Waals surface area (Å²) in [5.41, 5.74) is 0.132. The fraction of sp³-hybridized carbons (Fsp3) is 0.600. The zero-order chi connectivity index (χ0) is 13.9. The van der Waals surface area contributed by atoms with Crippen LogP contribution in [-0.4, -0.2) is 10.7 Å². The van der Waals surface area contributed by atoms with Gasteiger partial charge in [-0.2, -0.15) is 0 Å². The van der Waals surface area contributed by atoms with Gasteiger partial charge in [0.05, 0.1) is 0 Å². The first kappa shape index (κ1) is 15.4. The summed E-state index contributed by atoms with van der Waals surface area (Å²) in [6, 6.07) is 4.12. The van der Waals surface area contributed by atoms with Crippen molar-refractivity contribution in [2.24, 2.45) is 11.3 Å². The van der Waals surface area contributed by atoms with Gasteiger partial charge in [0, 0.05) is 16.2 Å². The summed E-state index contributed by atoms with van der Waals surface area (Å²) in [6.07, 6.45) is 5.23. The van der Waals surface area contributed by atoms with Crippen LogP contribution in [0, 0.1) is 23.0 Å². The van der Waals surface area contributed by atoms with Crippen LogP contribution in [0.4, 0.5) is 8.78 Å². The Bertz CT molecular complexity index is 404. The van der Waals surface area contributed by atoms with Crippen molar-refractivity contribution in [2.75, 3.05) is 10.7 Å². The number of alkyl halides is 2. The molecule has 0 saturated heterocycles. The van der Waals surface area contributed by atoms with Crippen LogP contribution in [0.5, 0.6) is 0 Å². The van der Waals surface area contributed by atoms with E-state index in [9.17, 15) is 8.78 Å². The minimum absolute atomic E-state index is 0.0977. The highest BCUT2D eigenvalue weighted by Gasteiger charge is 2.39. The highest BCUT2D eigenvalue weighted by molar-refractivity contribution is 9.09. The van der Waals surface area contributed by atoms with Crippen LogP contribution >= 0.6 is 31.9 Å². The molecule has 0 amide bonds. The van der Waals surface area contributed by atoms with Gasteiger partial charge in [-0.05, 0) is 42.7 Å². The van der Waals surface area contributed by atoms with Gasteiger partial charge in [0.15, 0.2) is 0 Å². The summed E-state index contributed by atoms with van der Waals surface area (Å²) in [4.78, 5) is 0. The molecule has 0 radical (unpaired) electrons. The third-order valence-corrected chi connectivity index (χ3v) is 6.58. The topological polar surface area (TPSA) is 0 Å². The van der Waals surface area contributed by atoms with Crippen LogP contribution in [0.3, 0.4) is 0 Å². The van der Waals surface area contributed by atoms with Gasteiger partial charge >= 0.3 is 0 Å². The normalized spacial score (nSPS) is 17.1. The molecule has 0 aromatic heterocycles. The smallest absolute Gasteiger partial charge is 0.129 e. The lowest BCUT2D eigenvalue weighted by molar-refractivity contribution is 0.228. The van der Waals surface area contributed by atoms with E-state index in [4.69, 9.17) is 0 Å². The Hall–Kier alpha value is 0.0400. The Kier molecular flexibility index (Phi) is 5.41. The average molecular weight is 396 g/mol. The maximum Gasteiger partial charge on any atom is 0.129 e. The average Bonchev–Trinajstić information content (AvgIpc) is 2.94. The van der Waals surface area contributed by atoms with E-state index in [0.717, 1.165) is 23.5 Å². The van der Waals surface area contributed by atoms with E-state index < -0.39 is 11.6 Å². The van der Waals surface area contributed by atoms with Gasteiger partial charge in [-0.3, -0.25) is 0 Å².